The monoisotopic (exact) mass is 576 g/mol. The number of aryl methyl sites for hydroxylation is 1. The Morgan fingerprint density at radius 3 is 2.35 bits per heavy atom. The number of allylic oxidation sites excluding steroid dienone is 1. The van der Waals surface area contributed by atoms with E-state index in [9.17, 15) is 34.5 Å². The van der Waals surface area contributed by atoms with Gasteiger partial charge in [-0.05, 0) is 29.5 Å². The number of carbonyl (C=O) groups excluding carboxylic acids is 3. The number of ether oxygens (including phenoxy) is 5. The van der Waals surface area contributed by atoms with E-state index >= 15 is 0 Å². The van der Waals surface area contributed by atoms with E-state index in [1.165, 1.54) is 32.4 Å². The van der Waals surface area contributed by atoms with E-state index in [0.29, 0.717) is 5.56 Å². The van der Waals surface area contributed by atoms with Crippen molar-refractivity contribution in [1.29, 1.82) is 0 Å². The molecule has 0 bridgehead atoms. The Balaban J connectivity index is 1.44. The predicted molar refractivity (Wildman–Crippen MR) is 131 cm³/mol. The zero-order valence-electron chi connectivity index (χ0n) is 21.1. The molecule has 1 aromatic heterocycles. The second-order valence-corrected chi connectivity index (χ2v) is 9.27. The van der Waals surface area contributed by atoms with Crippen molar-refractivity contribution >= 4 is 28.3 Å². The number of aliphatic hydroxyl groups excluding tert-OH is 1. The van der Waals surface area contributed by atoms with Gasteiger partial charge in [0, 0.05) is 12.5 Å². The highest BCUT2D eigenvalue weighted by molar-refractivity contribution is 6.29. The van der Waals surface area contributed by atoms with Gasteiger partial charge in [0.25, 0.3) is 5.79 Å². The third-order valence-corrected chi connectivity index (χ3v) is 7.24. The summed E-state index contributed by atoms with van der Waals surface area (Å²) in [7, 11) is 3.63. The van der Waals surface area contributed by atoms with Gasteiger partial charge in [-0.3, -0.25) is 9.59 Å². The van der Waals surface area contributed by atoms with Gasteiger partial charge in [-0.1, -0.05) is 0 Å². The van der Waals surface area contributed by atoms with Gasteiger partial charge in [-0.2, -0.15) is 0 Å². The highest BCUT2D eigenvalue weighted by Crippen LogP contribution is 2.53. The maximum Gasteiger partial charge on any atom is 0.374 e. The molecule has 2 aliphatic heterocycles. The molecule has 3 N–H and O–H groups in total. The first kappa shape index (κ1) is 25.2. The van der Waals surface area contributed by atoms with Crippen LogP contribution in [0.4, 0.5) is 0 Å². The molecule has 3 aromatic rings. The zero-order chi connectivity index (χ0) is 28.7. The van der Waals surface area contributed by atoms with Crippen LogP contribution >= 0.6 is 0 Å². The Hall–Kier alpha value is -5.04. The summed E-state index contributed by atoms with van der Waals surface area (Å²) in [4.78, 5) is 51.6. The Bertz CT molecular complexity index is 1780. The van der Waals surface area contributed by atoms with Crippen LogP contribution in [0.5, 0.6) is 28.7 Å². The van der Waals surface area contributed by atoms with Crippen LogP contribution in [0.25, 0.3) is 10.8 Å². The van der Waals surface area contributed by atoms with Gasteiger partial charge in [-0.25, -0.2) is 9.59 Å². The lowest BCUT2D eigenvalue weighted by Gasteiger charge is -2.37. The lowest BCUT2D eigenvalue weighted by atomic mass is 10.6. The van der Waals surface area contributed by atoms with Crippen molar-refractivity contribution in [2.45, 2.75) is 24.7 Å². The molecule has 6 rings (SSSR count). The first-order valence-electron chi connectivity index (χ1n) is 11.9. The minimum Gasteiger partial charge on any atom is -0.504 e. The molecule has 40 heavy (non-hydrogen) atoms. The summed E-state index contributed by atoms with van der Waals surface area (Å²) in [6.45, 7) is 0. The van der Waals surface area contributed by atoms with E-state index in [1.54, 1.807) is 0 Å². The first-order valence-corrected chi connectivity index (χ1v) is 11.9. The molecule has 2 unspecified atom stereocenters. The van der Waals surface area contributed by atoms with Gasteiger partial charge in [0.05, 0.1) is 38.0 Å². The summed E-state index contributed by atoms with van der Waals surface area (Å²) in [5, 5.41) is 32.9. The van der Waals surface area contributed by atoms with E-state index in [-0.39, 0.29) is 52.2 Å². The maximum atomic E-state index is 13.6. The van der Waals surface area contributed by atoms with E-state index in [4.69, 9.17) is 23.4 Å². The van der Waals surface area contributed by atoms with Crippen LogP contribution in [0, 0.1) is 0 Å². The summed E-state index contributed by atoms with van der Waals surface area (Å²) < 4.78 is 31.7. The number of hydrogen-bond acceptors (Lipinski definition) is 13. The number of fused-ring (bicyclic) bond motifs is 3. The SMILES string of the molecule is CO[13C](=O)[13c]1[13cH]c2[13cH][13c]3[13c]([13c](O)[13c]2[13c](=O)o1)O[13C]1([13CH2][13CH2]3)O[13C]2=[13C](C(=O)[13c]3[13c](O[13CH3])[13cH][13c](O[13CH3])[13c](O)[13c]3[13C]2=O)[13CH]1O. The fraction of sp³-hybridized carbons (Fsp3) is 0.259. The molecule has 1 aliphatic carbocycles. The van der Waals surface area contributed by atoms with Crippen LogP contribution in [0.1, 0.15) is 43.3 Å². The second-order valence-electron chi connectivity index (χ2n) is 9.27. The summed E-state index contributed by atoms with van der Waals surface area (Å²) in [5.74, 6) is -7.27. The molecular weight excluding hydrogens is 556 g/mol. The number of aliphatic hydroxyl groups is 1. The van der Waals surface area contributed by atoms with Crippen molar-refractivity contribution in [1.82, 2.24) is 0 Å². The summed E-state index contributed by atoms with van der Waals surface area (Å²) in [5.41, 5.74) is -1.78. The second kappa shape index (κ2) is 8.48. The van der Waals surface area contributed by atoms with Gasteiger partial charge in [-0.15, -0.1) is 0 Å². The van der Waals surface area contributed by atoms with Crippen molar-refractivity contribution in [3.8, 4) is 28.7 Å². The number of phenols is 2. The molecule has 13 heteroatoms. The quantitative estimate of drug-likeness (QED) is 0.303. The Morgan fingerprint density at radius 2 is 1.68 bits per heavy atom. The number of rotatable bonds is 3. The predicted octanol–water partition coefficient (Wildman–Crippen LogP) is 1.75. The molecule has 3 heterocycles. The van der Waals surface area contributed by atoms with Crippen LogP contribution in [-0.2, 0) is 15.9 Å². The topological polar surface area (TPSA) is 188 Å². The molecule has 0 amide bonds. The minimum absolute atomic E-state index is 0.0697. The molecule has 0 saturated carbocycles. The Kier molecular flexibility index (Phi) is 5.35. The largest absolute Gasteiger partial charge is 0.504 e. The van der Waals surface area contributed by atoms with Gasteiger partial charge in [0.1, 0.15) is 11.1 Å². The zero-order valence-corrected chi connectivity index (χ0v) is 21.1. The van der Waals surface area contributed by atoms with E-state index in [0.717, 1.165) is 7.11 Å². The molecule has 2 aromatic carbocycles. The van der Waals surface area contributed by atoms with Crippen molar-refractivity contribution in [2.24, 2.45) is 0 Å². The molecule has 13 nitrogen and oxygen atoms in total. The number of methoxy groups -OCH3 is 3. The number of esters is 1. The van der Waals surface area contributed by atoms with E-state index < -0.39 is 63.4 Å². The molecule has 0 saturated heterocycles. The number of benzene rings is 2. The minimum atomic E-state index is -2.03. The lowest BCUT2D eigenvalue weighted by molar-refractivity contribution is -0.195. The molecule has 206 valence electrons. The fourth-order valence-electron chi connectivity index (χ4n) is 5.33. The number of carbonyl (C=O) groups is 3. The third kappa shape index (κ3) is 3.18. The number of hydrogen-bond donors (Lipinski definition) is 3. The maximum absolute atomic E-state index is 13.6. The van der Waals surface area contributed by atoms with Crippen LogP contribution in [0.2, 0.25) is 0 Å². The van der Waals surface area contributed by atoms with Gasteiger partial charge in [0.2, 0.25) is 11.5 Å². The van der Waals surface area contributed by atoms with Crippen molar-refractivity contribution in [2.75, 3.05) is 21.3 Å². The lowest BCUT2D eigenvalue weighted by Crippen LogP contribution is -2.49. The van der Waals surface area contributed by atoms with Crippen molar-refractivity contribution < 1.29 is 57.8 Å². The van der Waals surface area contributed by atoms with Crippen LogP contribution in [0.15, 0.2) is 38.7 Å². The van der Waals surface area contributed by atoms with Crippen molar-refractivity contribution in [3.05, 3.63) is 62.4 Å². The smallest absolute Gasteiger partial charge is 0.374 e. The van der Waals surface area contributed by atoms with E-state index in [1.807, 2.05) is 0 Å². The standard InChI is InChI=1S/C27H20O13/c1-35-11-8-12(36-2)18(28)16-15(11)19(29)17-23(21(16)31)40-27(24(17)32)5-4-9-6-10-7-13(25(33)37-3)38-26(34)14(10)20(30)22(9)39-27/h6-8,24,28,30,32H,4-5H2,1-3H3/i1+1,2+1,4+1,5+1,6+1,7+1,8+1,9+1,11+1,12+1,13+1,14+1,15+1,16+1,17+1,18+1,20+1,21+1,22+1,23+1,24+1,25+1,26+1,27+1. The summed E-state index contributed by atoms with van der Waals surface area (Å²) >= 11 is 0. The van der Waals surface area contributed by atoms with Crippen LogP contribution in [0.3, 0.4) is 0 Å². The van der Waals surface area contributed by atoms with Gasteiger partial charge < -0.3 is 43.4 Å². The molecule has 0 fully saturated rings. The molecular formula is C27H20O13. The Morgan fingerprint density at radius 1 is 0.950 bits per heavy atom. The highest BCUT2D eigenvalue weighted by Gasteiger charge is 2.59. The fourth-order valence-corrected chi connectivity index (χ4v) is 5.33. The number of ketones is 2. The van der Waals surface area contributed by atoms with Gasteiger partial charge >= 0.3 is 11.6 Å². The number of phenolic OH excluding ortho intramolecular Hbond substituents is 2. The Labute approximate surface area is 223 Å². The van der Waals surface area contributed by atoms with Crippen LogP contribution < -0.4 is 19.8 Å². The average Bonchev–Trinajstić information content (AvgIpc) is 3.23. The van der Waals surface area contributed by atoms with Gasteiger partial charge in [0.15, 0.2) is 40.6 Å². The van der Waals surface area contributed by atoms with Crippen molar-refractivity contribution in [3.63, 3.8) is 0 Å². The first-order chi connectivity index (χ1) is 19.1. The average molecular weight is 576 g/mol. The number of aromatic hydroxyl groups is 2. The summed E-state index contributed by atoms with van der Waals surface area (Å²) in [6.07, 6.45) is -1.79. The molecule has 1 spiro atoms. The third-order valence-electron chi connectivity index (χ3n) is 7.24. The highest BCUT2D eigenvalue weighted by atomic mass is 16.9. The summed E-state index contributed by atoms with van der Waals surface area (Å²) in [6, 6.07) is 3.96. The normalized spacial score (nSPS) is 20.9. The molecule has 3 aliphatic rings. The van der Waals surface area contributed by atoms with E-state index in [2.05, 4.69) is 4.74 Å². The van der Waals surface area contributed by atoms with Crippen LogP contribution in [-0.4, -0.2) is 66.1 Å². The molecule has 0 radical (unpaired) electrons. The number of Topliss-reactive ketones (excluding diaryl/α,β-unsaturated/α-hetero) is 2. The molecule has 2 atom stereocenters.